The molecule has 0 aromatic rings. The first kappa shape index (κ1) is 7.07. The summed E-state index contributed by atoms with van der Waals surface area (Å²) in [6.07, 6.45) is 3.68. The molecule has 0 spiro atoms. The molecular formula is C12H11N. The van der Waals surface area contributed by atoms with Crippen molar-refractivity contribution in [3.05, 3.63) is 41.6 Å². The largest absolute Gasteiger partial charge is 0.253 e. The molecule has 0 radical (unpaired) electrons. The zero-order chi connectivity index (χ0) is 8.67. The van der Waals surface area contributed by atoms with Gasteiger partial charge in [-0.25, -0.2) is 0 Å². The molecule has 2 aliphatic carbocycles. The number of aryl methyl sites for hydroxylation is 1. The highest BCUT2D eigenvalue weighted by molar-refractivity contribution is 5.68. The minimum absolute atomic E-state index is 1.16. The molecular weight excluding hydrogens is 158 g/mol. The van der Waals surface area contributed by atoms with Crippen molar-refractivity contribution in [1.82, 2.24) is 4.98 Å². The Morgan fingerprint density at radius 1 is 1.00 bits per heavy atom. The third kappa shape index (κ3) is 0.966. The summed E-state index contributed by atoms with van der Waals surface area (Å²) in [6.45, 7) is 0. The van der Waals surface area contributed by atoms with E-state index in [2.05, 4.69) is 35.3 Å². The van der Waals surface area contributed by atoms with E-state index in [4.69, 9.17) is 0 Å². The van der Waals surface area contributed by atoms with Gasteiger partial charge >= 0.3 is 0 Å². The van der Waals surface area contributed by atoms with E-state index in [1.165, 1.54) is 36.1 Å². The molecule has 1 aliphatic heterocycles. The van der Waals surface area contributed by atoms with Crippen LogP contribution in [0, 0.1) is 0 Å². The SMILES string of the molecule is c1ccc2nc3c(c-2cc1)CCC3. The standard InChI is InChI=1S/C12H11N/c1-2-5-9-10-6-4-8-12(10)13-11(9)7-3-1/h1-3,5,7H,4,6,8H2. The molecule has 0 saturated heterocycles. The fraction of sp³-hybridized carbons (Fsp3) is 0.250. The molecule has 0 aromatic carbocycles. The van der Waals surface area contributed by atoms with Gasteiger partial charge in [0, 0.05) is 11.3 Å². The summed E-state index contributed by atoms with van der Waals surface area (Å²) in [4.78, 5) is 4.63. The molecule has 0 fully saturated rings. The summed E-state index contributed by atoms with van der Waals surface area (Å²) >= 11 is 0. The molecule has 64 valence electrons. The van der Waals surface area contributed by atoms with Crippen molar-refractivity contribution < 1.29 is 0 Å². The van der Waals surface area contributed by atoms with Gasteiger partial charge in [0.25, 0.3) is 0 Å². The van der Waals surface area contributed by atoms with Gasteiger partial charge in [0.1, 0.15) is 0 Å². The number of nitrogens with zero attached hydrogens (tertiary/aromatic N) is 1. The van der Waals surface area contributed by atoms with Crippen LogP contribution in [0.3, 0.4) is 0 Å². The van der Waals surface area contributed by atoms with Gasteiger partial charge in [-0.1, -0.05) is 24.3 Å². The monoisotopic (exact) mass is 169 g/mol. The van der Waals surface area contributed by atoms with Crippen LogP contribution in [-0.2, 0) is 12.8 Å². The van der Waals surface area contributed by atoms with Gasteiger partial charge in [-0.05, 0) is 30.9 Å². The topological polar surface area (TPSA) is 12.9 Å². The molecule has 0 unspecified atom stereocenters. The van der Waals surface area contributed by atoms with Crippen molar-refractivity contribution in [3.8, 4) is 11.3 Å². The second-order valence-corrected chi connectivity index (χ2v) is 3.60. The molecule has 0 bridgehead atoms. The van der Waals surface area contributed by atoms with E-state index in [0.29, 0.717) is 0 Å². The summed E-state index contributed by atoms with van der Waals surface area (Å²) in [6, 6.07) is 10.5. The summed E-state index contributed by atoms with van der Waals surface area (Å²) in [7, 11) is 0. The average Bonchev–Trinajstić information content (AvgIpc) is 2.61. The Morgan fingerprint density at radius 3 is 2.92 bits per heavy atom. The zero-order valence-electron chi connectivity index (χ0n) is 7.46. The fourth-order valence-corrected chi connectivity index (χ4v) is 2.18. The molecule has 1 heteroatoms. The molecule has 0 amide bonds. The summed E-state index contributed by atoms with van der Waals surface area (Å²) < 4.78 is 0. The maximum Gasteiger partial charge on any atom is 0.0708 e. The maximum absolute atomic E-state index is 4.63. The van der Waals surface area contributed by atoms with Crippen LogP contribution in [-0.4, -0.2) is 4.98 Å². The third-order valence-corrected chi connectivity index (χ3v) is 2.78. The smallest absolute Gasteiger partial charge is 0.0708 e. The molecule has 0 saturated carbocycles. The van der Waals surface area contributed by atoms with Gasteiger partial charge in [0.05, 0.1) is 5.69 Å². The van der Waals surface area contributed by atoms with Gasteiger partial charge < -0.3 is 0 Å². The molecule has 1 nitrogen and oxygen atoms in total. The van der Waals surface area contributed by atoms with Crippen molar-refractivity contribution in [2.45, 2.75) is 19.3 Å². The lowest BCUT2D eigenvalue weighted by molar-refractivity contribution is 0.894. The molecule has 3 rings (SSSR count). The van der Waals surface area contributed by atoms with Crippen LogP contribution in [0.15, 0.2) is 30.3 Å². The Hall–Kier alpha value is -1.37. The minimum Gasteiger partial charge on any atom is -0.253 e. The van der Waals surface area contributed by atoms with Gasteiger partial charge in [0.15, 0.2) is 0 Å². The highest BCUT2D eigenvalue weighted by atomic mass is 14.7. The first-order valence-electron chi connectivity index (χ1n) is 4.82. The van der Waals surface area contributed by atoms with Crippen LogP contribution in [0.1, 0.15) is 17.7 Å². The number of aromatic nitrogens is 1. The molecule has 0 N–H and O–H groups in total. The summed E-state index contributed by atoms with van der Waals surface area (Å²) in [5.74, 6) is 0. The zero-order valence-corrected chi connectivity index (χ0v) is 7.46. The van der Waals surface area contributed by atoms with Crippen LogP contribution in [0.25, 0.3) is 11.3 Å². The van der Waals surface area contributed by atoms with Gasteiger partial charge in [0.2, 0.25) is 0 Å². The molecule has 0 atom stereocenters. The van der Waals surface area contributed by atoms with Gasteiger partial charge in [-0.2, -0.15) is 0 Å². The normalized spacial score (nSPS) is 14.8. The highest BCUT2D eigenvalue weighted by Gasteiger charge is 2.20. The molecule has 13 heavy (non-hydrogen) atoms. The van der Waals surface area contributed by atoms with Gasteiger partial charge in [-0.3, -0.25) is 4.98 Å². The Labute approximate surface area is 77.8 Å². The van der Waals surface area contributed by atoms with Crippen molar-refractivity contribution in [3.63, 3.8) is 0 Å². The first-order valence-corrected chi connectivity index (χ1v) is 4.82. The average molecular weight is 169 g/mol. The van der Waals surface area contributed by atoms with E-state index < -0.39 is 0 Å². The van der Waals surface area contributed by atoms with Crippen LogP contribution in [0.2, 0.25) is 0 Å². The number of hydrogen-bond acceptors (Lipinski definition) is 1. The van der Waals surface area contributed by atoms with Crippen molar-refractivity contribution in [1.29, 1.82) is 0 Å². The highest BCUT2D eigenvalue weighted by Crippen LogP contribution is 2.33. The predicted molar refractivity (Wildman–Crippen MR) is 52.9 cm³/mol. The van der Waals surface area contributed by atoms with E-state index in [9.17, 15) is 0 Å². The lowest BCUT2D eigenvalue weighted by atomic mass is 10.1. The fourth-order valence-electron chi connectivity index (χ4n) is 2.18. The molecule has 0 aromatic heterocycles. The Bertz CT molecular complexity index is 420. The maximum atomic E-state index is 4.63. The Morgan fingerprint density at radius 2 is 1.92 bits per heavy atom. The Kier molecular flexibility index (Phi) is 1.39. The van der Waals surface area contributed by atoms with Crippen molar-refractivity contribution in [2.75, 3.05) is 0 Å². The second kappa shape index (κ2) is 2.56. The predicted octanol–water partition coefficient (Wildman–Crippen LogP) is 2.68. The molecule has 1 heterocycles. The summed E-state index contributed by atoms with van der Waals surface area (Å²) in [5.41, 5.74) is 5.35. The summed E-state index contributed by atoms with van der Waals surface area (Å²) in [5, 5.41) is 0. The van der Waals surface area contributed by atoms with Crippen LogP contribution < -0.4 is 0 Å². The number of fused-ring (bicyclic) bond motifs is 3. The van der Waals surface area contributed by atoms with E-state index in [1.54, 1.807) is 0 Å². The lowest BCUT2D eigenvalue weighted by Gasteiger charge is -1.93. The van der Waals surface area contributed by atoms with Crippen molar-refractivity contribution >= 4 is 0 Å². The Balaban J connectivity index is 2.34. The third-order valence-electron chi connectivity index (χ3n) is 2.78. The number of rotatable bonds is 0. The van der Waals surface area contributed by atoms with Gasteiger partial charge in [-0.15, -0.1) is 0 Å². The lowest BCUT2D eigenvalue weighted by Crippen LogP contribution is -1.78. The second-order valence-electron chi connectivity index (χ2n) is 3.60. The van der Waals surface area contributed by atoms with Crippen LogP contribution >= 0.6 is 0 Å². The number of hydrogen-bond donors (Lipinski definition) is 0. The first-order chi connectivity index (χ1) is 6.45. The van der Waals surface area contributed by atoms with E-state index in [0.717, 1.165) is 5.69 Å². The van der Waals surface area contributed by atoms with E-state index in [1.807, 2.05) is 0 Å². The minimum atomic E-state index is 1.16. The quantitative estimate of drug-likeness (QED) is 0.591. The van der Waals surface area contributed by atoms with E-state index in [-0.39, 0.29) is 0 Å². The van der Waals surface area contributed by atoms with Crippen LogP contribution in [0.4, 0.5) is 0 Å². The van der Waals surface area contributed by atoms with Crippen molar-refractivity contribution in [2.24, 2.45) is 0 Å². The van der Waals surface area contributed by atoms with Crippen LogP contribution in [0.5, 0.6) is 0 Å². The van der Waals surface area contributed by atoms with E-state index >= 15 is 0 Å². The molecule has 3 aliphatic rings.